The van der Waals surface area contributed by atoms with Crippen molar-refractivity contribution in [1.29, 1.82) is 0 Å². The average molecular weight is 279 g/mol. The molecule has 2 unspecified atom stereocenters. The zero-order valence-corrected chi connectivity index (χ0v) is 12.1. The van der Waals surface area contributed by atoms with Gasteiger partial charge in [-0.15, -0.1) is 11.6 Å². The summed E-state index contributed by atoms with van der Waals surface area (Å²) in [7, 11) is 0. The summed E-state index contributed by atoms with van der Waals surface area (Å²) in [5, 5.41) is 3.17. The maximum absolute atomic E-state index is 6.68. The number of halogens is 2. The van der Waals surface area contributed by atoms with E-state index in [0.717, 1.165) is 10.4 Å². The molecule has 2 aromatic rings. The number of hydrogen-bond donors (Lipinski definition) is 0. The Labute approximate surface area is 118 Å². The summed E-state index contributed by atoms with van der Waals surface area (Å²) in [6, 6.07) is 12.3. The average Bonchev–Trinajstić information content (AvgIpc) is 2.99. The number of rotatable bonds is 2. The Morgan fingerprint density at radius 3 is 2.33 bits per heavy atom. The molecule has 18 heavy (non-hydrogen) atoms. The smallest absolute Gasteiger partial charge is 0.0624 e. The van der Waals surface area contributed by atoms with Gasteiger partial charge in [0.2, 0.25) is 0 Å². The molecule has 2 aromatic carbocycles. The number of benzene rings is 2. The number of hydrogen-bond acceptors (Lipinski definition) is 0. The Balaban J connectivity index is 2.10. The summed E-state index contributed by atoms with van der Waals surface area (Å²) in [4.78, 5) is 0. The molecule has 0 bridgehead atoms. The van der Waals surface area contributed by atoms with Crippen LogP contribution in [-0.4, -0.2) is 0 Å². The van der Waals surface area contributed by atoms with Crippen molar-refractivity contribution in [3.8, 4) is 0 Å². The van der Waals surface area contributed by atoms with E-state index in [1.165, 1.54) is 17.4 Å². The molecule has 0 aliphatic heterocycles. The van der Waals surface area contributed by atoms with Crippen LogP contribution in [0.25, 0.3) is 10.8 Å². The molecule has 0 N–H and O–H groups in total. The highest BCUT2D eigenvalue weighted by Gasteiger charge is 2.50. The van der Waals surface area contributed by atoms with Crippen molar-refractivity contribution in [3.63, 3.8) is 0 Å². The molecule has 1 aliphatic carbocycles. The number of alkyl halides is 1. The van der Waals surface area contributed by atoms with Crippen LogP contribution in [0.1, 0.15) is 31.2 Å². The van der Waals surface area contributed by atoms with Crippen LogP contribution in [0.15, 0.2) is 36.4 Å². The minimum Gasteiger partial charge on any atom is -0.117 e. The van der Waals surface area contributed by atoms with Gasteiger partial charge >= 0.3 is 0 Å². The van der Waals surface area contributed by atoms with Gasteiger partial charge in [-0.3, -0.25) is 0 Å². The van der Waals surface area contributed by atoms with Crippen molar-refractivity contribution in [1.82, 2.24) is 0 Å². The predicted molar refractivity (Wildman–Crippen MR) is 79.4 cm³/mol. The summed E-state index contributed by atoms with van der Waals surface area (Å²) in [5.41, 5.74) is 1.60. The molecule has 94 valence electrons. The van der Waals surface area contributed by atoms with Gasteiger partial charge in [-0.1, -0.05) is 55.8 Å². The third-order valence-electron chi connectivity index (χ3n) is 4.14. The van der Waals surface area contributed by atoms with Gasteiger partial charge in [-0.05, 0) is 34.8 Å². The standard InChI is InChI=1S/C16H16Cl2/c1-16(2)9-13(16)15(18)12-7-8-14(17)11-6-4-3-5-10(11)12/h3-8,13,15H,9H2,1-2H3. The molecule has 0 radical (unpaired) electrons. The van der Waals surface area contributed by atoms with Crippen LogP contribution in [0.3, 0.4) is 0 Å². The lowest BCUT2D eigenvalue weighted by Crippen LogP contribution is -2.00. The molecule has 0 nitrogen and oxygen atoms in total. The van der Waals surface area contributed by atoms with E-state index in [2.05, 4.69) is 32.0 Å². The van der Waals surface area contributed by atoms with Crippen LogP contribution in [0.4, 0.5) is 0 Å². The molecule has 2 heteroatoms. The Morgan fingerprint density at radius 1 is 1.11 bits per heavy atom. The SMILES string of the molecule is CC1(C)CC1C(Cl)c1ccc(Cl)c2ccccc12. The van der Waals surface area contributed by atoms with Crippen molar-refractivity contribution < 1.29 is 0 Å². The molecule has 1 saturated carbocycles. The summed E-state index contributed by atoms with van der Waals surface area (Å²) in [5.74, 6) is 0.573. The Kier molecular flexibility index (Phi) is 2.84. The minimum absolute atomic E-state index is 0.0853. The molecule has 0 saturated heterocycles. The fraction of sp³-hybridized carbons (Fsp3) is 0.375. The number of fused-ring (bicyclic) bond motifs is 1. The molecular weight excluding hydrogens is 263 g/mol. The van der Waals surface area contributed by atoms with Crippen LogP contribution in [-0.2, 0) is 0 Å². The molecule has 1 fully saturated rings. The van der Waals surface area contributed by atoms with Crippen LogP contribution < -0.4 is 0 Å². The third-order valence-corrected chi connectivity index (χ3v) is 5.01. The Bertz CT molecular complexity index is 601. The van der Waals surface area contributed by atoms with E-state index in [9.17, 15) is 0 Å². The third kappa shape index (κ3) is 1.92. The van der Waals surface area contributed by atoms with Crippen molar-refractivity contribution >= 4 is 34.0 Å². The first-order valence-electron chi connectivity index (χ1n) is 6.32. The van der Waals surface area contributed by atoms with Crippen LogP contribution in [0, 0.1) is 11.3 Å². The fourth-order valence-electron chi connectivity index (χ4n) is 2.75. The Morgan fingerprint density at radius 2 is 1.72 bits per heavy atom. The van der Waals surface area contributed by atoms with E-state index >= 15 is 0 Å². The zero-order chi connectivity index (χ0) is 12.9. The first kappa shape index (κ1) is 12.3. The minimum atomic E-state index is 0.0853. The molecule has 1 aliphatic rings. The lowest BCUT2D eigenvalue weighted by molar-refractivity contribution is 0.549. The van der Waals surface area contributed by atoms with Crippen molar-refractivity contribution in [3.05, 3.63) is 47.0 Å². The van der Waals surface area contributed by atoms with E-state index in [1.54, 1.807) is 0 Å². The second-order valence-electron chi connectivity index (χ2n) is 5.88. The second-order valence-corrected chi connectivity index (χ2v) is 6.76. The normalized spacial score (nSPS) is 23.0. The monoisotopic (exact) mass is 278 g/mol. The highest BCUT2D eigenvalue weighted by atomic mass is 35.5. The molecular formula is C16H16Cl2. The zero-order valence-electron chi connectivity index (χ0n) is 10.6. The lowest BCUT2D eigenvalue weighted by atomic mass is 9.97. The van der Waals surface area contributed by atoms with E-state index < -0.39 is 0 Å². The molecule has 3 rings (SSSR count). The van der Waals surface area contributed by atoms with E-state index in [0.29, 0.717) is 11.3 Å². The molecule has 2 atom stereocenters. The molecule has 0 heterocycles. The second kappa shape index (κ2) is 4.15. The van der Waals surface area contributed by atoms with Crippen molar-refractivity contribution in [2.45, 2.75) is 25.6 Å². The molecule has 0 amide bonds. The van der Waals surface area contributed by atoms with E-state index in [4.69, 9.17) is 23.2 Å². The van der Waals surface area contributed by atoms with Gasteiger partial charge in [0, 0.05) is 10.4 Å². The van der Waals surface area contributed by atoms with Gasteiger partial charge in [-0.2, -0.15) is 0 Å². The summed E-state index contributed by atoms with van der Waals surface area (Å²) in [6.07, 6.45) is 1.21. The summed E-state index contributed by atoms with van der Waals surface area (Å²) in [6.45, 7) is 4.57. The summed E-state index contributed by atoms with van der Waals surface area (Å²) >= 11 is 12.9. The largest absolute Gasteiger partial charge is 0.117 e. The fourth-order valence-corrected chi connectivity index (χ4v) is 3.60. The van der Waals surface area contributed by atoms with Crippen molar-refractivity contribution in [2.75, 3.05) is 0 Å². The van der Waals surface area contributed by atoms with E-state index in [-0.39, 0.29) is 5.38 Å². The topological polar surface area (TPSA) is 0 Å². The maximum Gasteiger partial charge on any atom is 0.0624 e. The quantitative estimate of drug-likeness (QED) is 0.608. The molecule has 0 aromatic heterocycles. The van der Waals surface area contributed by atoms with Gasteiger partial charge < -0.3 is 0 Å². The highest BCUT2D eigenvalue weighted by Crippen LogP contribution is 2.60. The van der Waals surface area contributed by atoms with Gasteiger partial charge in [0.05, 0.1) is 5.38 Å². The lowest BCUT2D eigenvalue weighted by Gasteiger charge is -2.15. The van der Waals surface area contributed by atoms with Gasteiger partial charge in [0.25, 0.3) is 0 Å². The van der Waals surface area contributed by atoms with E-state index in [1.807, 2.05) is 18.2 Å². The summed E-state index contributed by atoms with van der Waals surface area (Å²) < 4.78 is 0. The first-order valence-corrected chi connectivity index (χ1v) is 7.13. The van der Waals surface area contributed by atoms with Crippen LogP contribution in [0.5, 0.6) is 0 Å². The van der Waals surface area contributed by atoms with Gasteiger partial charge in [-0.25, -0.2) is 0 Å². The first-order chi connectivity index (χ1) is 8.50. The van der Waals surface area contributed by atoms with Gasteiger partial charge in [0.1, 0.15) is 0 Å². The van der Waals surface area contributed by atoms with Crippen LogP contribution >= 0.6 is 23.2 Å². The van der Waals surface area contributed by atoms with Crippen molar-refractivity contribution in [2.24, 2.45) is 11.3 Å². The maximum atomic E-state index is 6.68. The van der Waals surface area contributed by atoms with Crippen LogP contribution in [0.2, 0.25) is 5.02 Å². The van der Waals surface area contributed by atoms with Gasteiger partial charge in [0.15, 0.2) is 0 Å². The molecule has 0 spiro atoms. The highest BCUT2D eigenvalue weighted by molar-refractivity contribution is 6.35. The Hall–Kier alpha value is -0.720. The predicted octanol–water partition coefficient (Wildman–Crippen LogP) is 5.82.